The second kappa shape index (κ2) is 17.4. The molecule has 2 bridgehead atoms. The minimum absolute atomic E-state index is 0.0621. The lowest BCUT2D eigenvalue weighted by Crippen LogP contribution is -2.38. The summed E-state index contributed by atoms with van der Waals surface area (Å²) >= 11 is 0. The van der Waals surface area contributed by atoms with E-state index in [0.29, 0.717) is 37.3 Å². The van der Waals surface area contributed by atoms with E-state index < -0.39 is 36.1 Å². The van der Waals surface area contributed by atoms with E-state index in [1.54, 1.807) is 39.4 Å². The third kappa shape index (κ3) is 10.4. The van der Waals surface area contributed by atoms with Gasteiger partial charge in [0.15, 0.2) is 0 Å². The summed E-state index contributed by atoms with van der Waals surface area (Å²) in [5, 5.41) is 17.1. The number of allylic oxidation sites excluding steroid dienone is 4. The number of fused-ring (bicyclic) bond motifs is 2. The van der Waals surface area contributed by atoms with E-state index in [9.17, 15) is 19.5 Å². The number of rotatable bonds is 8. The molecular formula is C33H51N3O7. The lowest BCUT2D eigenvalue weighted by molar-refractivity contribution is -0.120. The number of ketones is 2. The molecule has 1 amide bonds. The van der Waals surface area contributed by atoms with Gasteiger partial charge in [-0.05, 0) is 59.2 Å². The van der Waals surface area contributed by atoms with Crippen molar-refractivity contribution < 1.29 is 33.7 Å². The number of carbonyl (C=O) groups is 3. The maximum atomic E-state index is 13.7. The Kier molecular flexibility index (Phi) is 14.7. The van der Waals surface area contributed by atoms with E-state index in [0.717, 1.165) is 5.57 Å². The van der Waals surface area contributed by atoms with E-state index >= 15 is 0 Å². The van der Waals surface area contributed by atoms with Gasteiger partial charge in [0, 0.05) is 57.1 Å². The van der Waals surface area contributed by atoms with E-state index in [4.69, 9.17) is 14.2 Å². The summed E-state index contributed by atoms with van der Waals surface area (Å²) < 4.78 is 17.5. The lowest BCUT2D eigenvalue weighted by Gasteiger charge is -2.30. The molecule has 3 N–H and O–H groups in total. The van der Waals surface area contributed by atoms with Crippen LogP contribution in [0.5, 0.6) is 0 Å². The summed E-state index contributed by atoms with van der Waals surface area (Å²) in [4.78, 5) is 42.0. The van der Waals surface area contributed by atoms with Crippen LogP contribution >= 0.6 is 0 Å². The zero-order valence-electron chi connectivity index (χ0n) is 27.2. The molecular weight excluding hydrogens is 550 g/mol. The Morgan fingerprint density at radius 2 is 1.81 bits per heavy atom. The quantitative estimate of drug-likeness (QED) is 0.284. The second-order valence-electron chi connectivity index (χ2n) is 11.7. The molecule has 6 atom stereocenters. The molecule has 0 spiro atoms. The van der Waals surface area contributed by atoms with Gasteiger partial charge in [0.25, 0.3) is 5.91 Å². The number of carbonyl (C=O) groups excluding carboxylic acids is 3. The van der Waals surface area contributed by atoms with Gasteiger partial charge in [0.1, 0.15) is 12.2 Å². The third-order valence-corrected chi connectivity index (χ3v) is 7.76. The lowest BCUT2D eigenvalue weighted by atomic mass is 9.85. The zero-order valence-corrected chi connectivity index (χ0v) is 27.2. The van der Waals surface area contributed by atoms with Gasteiger partial charge in [-0.2, -0.15) is 0 Å². The summed E-state index contributed by atoms with van der Waals surface area (Å²) in [7, 11) is 6.99. The van der Waals surface area contributed by atoms with Crippen molar-refractivity contribution in [3.05, 3.63) is 58.5 Å². The Hall–Kier alpha value is -2.89. The molecule has 0 saturated carbocycles. The van der Waals surface area contributed by atoms with Crippen molar-refractivity contribution in [1.82, 2.24) is 15.5 Å². The Morgan fingerprint density at radius 3 is 2.42 bits per heavy atom. The van der Waals surface area contributed by atoms with Crippen molar-refractivity contribution >= 4 is 17.5 Å². The van der Waals surface area contributed by atoms with Crippen LogP contribution in [0.15, 0.2) is 58.5 Å². The second-order valence-corrected chi connectivity index (χ2v) is 11.7. The maximum absolute atomic E-state index is 13.7. The maximum Gasteiger partial charge on any atom is 0.251 e. The van der Waals surface area contributed by atoms with Crippen molar-refractivity contribution in [2.24, 2.45) is 11.8 Å². The smallest absolute Gasteiger partial charge is 0.251 e. The number of aliphatic hydroxyl groups excluding tert-OH is 1. The zero-order chi connectivity index (χ0) is 32.3. The number of nitrogens with one attached hydrogen (secondary N) is 2. The molecule has 10 nitrogen and oxygen atoms in total. The predicted molar refractivity (Wildman–Crippen MR) is 167 cm³/mol. The monoisotopic (exact) mass is 601 g/mol. The Morgan fingerprint density at radius 1 is 1.12 bits per heavy atom. The number of Topliss-reactive ketones (excluding diaryl/α,β-unsaturated/α-hetero) is 1. The van der Waals surface area contributed by atoms with Crippen LogP contribution in [0.2, 0.25) is 0 Å². The number of methoxy groups -OCH3 is 2. The highest BCUT2D eigenvalue weighted by molar-refractivity contribution is 6.23. The molecule has 0 aromatic rings. The molecule has 0 radical (unpaired) electrons. The Bertz CT molecular complexity index is 1150. The molecule has 0 aromatic heterocycles. The first-order valence-electron chi connectivity index (χ1n) is 15.0. The van der Waals surface area contributed by atoms with Crippen LogP contribution < -0.4 is 10.6 Å². The molecule has 2 aliphatic rings. The highest BCUT2D eigenvalue weighted by Gasteiger charge is 2.33. The highest BCUT2D eigenvalue weighted by atomic mass is 16.5. The van der Waals surface area contributed by atoms with Gasteiger partial charge in [-0.15, -0.1) is 0 Å². The fraction of sp³-hybridized carbons (Fsp3) is 0.606. The summed E-state index contributed by atoms with van der Waals surface area (Å²) in [6, 6.07) is 0. The van der Waals surface area contributed by atoms with Gasteiger partial charge < -0.3 is 34.9 Å². The molecule has 0 saturated heterocycles. The first kappa shape index (κ1) is 36.3. The number of amides is 1. The first-order chi connectivity index (χ1) is 20.3. The molecule has 10 heteroatoms. The van der Waals surface area contributed by atoms with Crippen molar-refractivity contribution in [2.45, 2.75) is 71.9 Å². The molecule has 0 fully saturated rings. The SMILES string of the molecule is CCOC1/C(C)=C/[C@H](C)C(O)C(OC)C[C@H](C)CC2=C(NCCN(C)C)C(=O)C=C(NC(=O)/C(C)=C/C=C\C1OC)C2=O. The molecule has 1 heterocycles. The summed E-state index contributed by atoms with van der Waals surface area (Å²) in [6.07, 6.45) is 6.75. The minimum Gasteiger partial charge on any atom is -0.390 e. The topological polar surface area (TPSA) is 126 Å². The van der Waals surface area contributed by atoms with Crippen molar-refractivity contribution in [1.29, 1.82) is 0 Å². The van der Waals surface area contributed by atoms with Gasteiger partial charge in [0.05, 0.1) is 23.6 Å². The van der Waals surface area contributed by atoms with Gasteiger partial charge in [-0.1, -0.05) is 38.2 Å². The van der Waals surface area contributed by atoms with E-state index in [1.165, 1.54) is 6.08 Å². The van der Waals surface area contributed by atoms with E-state index in [-0.39, 0.29) is 35.4 Å². The molecule has 1 aliphatic heterocycles. The molecule has 240 valence electrons. The number of hydrogen-bond acceptors (Lipinski definition) is 9. The Balaban J connectivity index is 2.58. The number of ether oxygens (including phenoxy) is 3. The summed E-state index contributed by atoms with van der Waals surface area (Å²) in [5.74, 6) is -1.68. The van der Waals surface area contributed by atoms with Crippen LogP contribution in [-0.2, 0) is 28.6 Å². The molecule has 2 rings (SSSR count). The number of nitrogens with zero attached hydrogens (tertiary/aromatic N) is 1. The van der Waals surface area contributed by atoms with Crippen LogP contribution in [-0.4, -0.2) is 99.9 Å². The van der Waals surface area contributed by atoms with Crippen LogP contribution in [0, 0.1) is 11.8 Å². The molecule has 43 heavy (non-hydrogen) atoms. The van der Waals surface area contributed by atoms with Gasteiger partial charge in [-0.3, -0.25) is 14.4 Å². The summed E-state index contributed by atoms with van der Waals surface area (Å²) in [5.41, 5.74) is 1.73. The van der Waals surface area contributed by atoms with E-state index in [1.807, 2.05) is 52.8 Å². The van der Waals surface area contributed by atoms with Gasteiger partial charge in [-0.25, -0.2) is 0 Å². The number of hydrogen-bond donors (Lipinski definition) is 3. The van der Waals surface area contributed by atoms with Crippen LogP contribution in [0.3, 0.4) is 0 Å². The number of aliphatic hydroxyl groups is 1. The molecule has 0 aromatic carbocycles. The fourth-order valence-electron chi connectivity index (χ4n) is 5.30. The van der Waals surface area contributed by atoms with E-state index in [2.05, 4.69) is 10.6 Å². The van der Waals surface area contributed by atoms with Gasteiger partial charge >= 0.3 is 0 Å². The van der Waals surface area contributed by atoms with Crippen LogP contribution in [0.25, 0.3) is 0 Å². The van der Waals surface area contributed by atoms with Gasteiger partial charge in [0.2, 0.25) is 11.6 Å². The highest BCUT2D eigenvalue weighted by Crippen LogP contribution is 2.28. The molecule has 1 aliphatic carbocycles. The van der Waals surface area contributed by atoms with Crippen LogP contribution in [0.4, 0.5) is 0 Å². The predicted octanol–water partition coefficient (Wildman–Crippen LogP) is 2.85. The van der Waals surface area contributed by atoms with Crippen molar-refractivity contribution in [3.63, 3.8) is 0 Å². The average Bonchev–Trinajstić information content (AvgIpc) is 2.95. The van der Waals surface area contributed by atoms with Crippen molar-refractivity contribution in [2.75, 3.05) is 48.0 Å². The van der Waals surface area contributed by atoms with Crippen LogP contribution in [0.1, 0.15) is 47.5 Å². The molecule has 4 unspecified atom stereocenters. The minimum atomic E-state index is -0.834. The first-order valence-corrected chi connectivity index (χ1v) is 15.0. The Labute approximate surface area is 256 Å². The average molecular weight is 602 g/mol. The largest absolute Gasteiger partial charge is 0.390 e. The number of likely N-dealkylation sites (N-methyl/N-ethyl adjacent to an activating group) is 1. The van der Waals surface area contributed by atoms with Crippen molar-refractivity contribution in [3.8, 4) is 0 Å². The summed E-state index contributed by atoms with van der Waals surface area (Å²) in [6.45, 7) is 10.9. The normalized spacial score (nSPS) is 31.6. The standard InChI is InChI=1S/C33H51N3O7/c1-10-43-32-23(5)18-22(4)30(38)28(42-9)17-20(2)16-24-29(34-14-15-36(6)7)26(37)19-25(31(24)39)35-33(40)21(3)12-11-13-27(32)41-8/h11-13,18-20,22,27-28,30,32,34,38H,10,14-17H2,1-9H3,(H,35,40)/b13-11-,21-12+,23-18+/t20-,22+,27?,28?,30?,32?/m1/s1. The fourth-order valence-corrected chi connectivity index (χ4v) is 5.30. The third-order valence-electron chi connectivity index (χ3n) is 7.76.